The van der Waals surface area contributed by atoms with Crippen molar-refractivity contribution in [1.82, 2.24) is 23.8 Å². The second kappa shape index (κ2) is 9.11. The molecule has 5 rings (SSSR count). The number of likely N-dealkylation sites (tertiary alicyclic amines) is 1. The Hall–Kier alpha value is -2.78. The van der Waals surface area contributed by atoms with Crippen molar-refractivity contribution < 1.29 is 13.2 Å². The Morgan fingerprint density at radius 3 is 2.56 bits per heavy atom. The van der Waals surface area contributed by atoms with Crippen LogP contribution in [0.3, 0.4) is 0 Å². The van der Waals surface area contributed by atoms with Gasteiger partial charge in [0.25, 0.3) is 0 Å². The first-order valence-electron chi connectivity index (χ1n) is 12.0. The average molecular weight is 482 g/mol. The van der Waals surface area contributed by atoms with Gasteiger partial charge in [0.05, 0.1) is 4.90 Å². The van der Waals surface area contributed by atoms with Gasteiger partial charge in [-0.15, -0.1) is 10.2 Å². The second-order valence-corrected chi connectivity index (χ2v) is 11.5. The Morgan fingerprint density at radius 2 is 1.79 bits per heavy atom. The van der Waals surface area contributed by atoms with E-state index in [2.05, 4.69) is 10.2 Å². The molecule has 3 aromatic rings. The Kier molecular flexibility index (Phi) is 6.16. The molecule has 4 heterocycles. The van der Waals surface area contributed by atoms with Crippen LogP contribution in [0.5, 0.6) is 0 Å². The molecule has 34 heavy (non-hydrogen) atoms. The summed E-state index contributed by atoms with van der Waals surface area (Å²) in [7, 11) is -3.55. The smallest absolute Gasteiger partial charge is 0.243 e. The summed E-state index contributed by atoms with van der Waals surface area (Å²) in [5.41, 5.74) is 2.62. The number of aromatic nitrogens is 3. The third-order valence-corrected chi connectivity index (χ3v) is 9.25. The van der Waals surface area contributed by atoms with Crippen LogP contribution in [0.15, 0.2) is 47.5 Å². The third-order valence-electron chi connectivity index (χ3n) is 7.19. The molecule has 2 fully saturated rings. The van der Waals surface area contributed by atoms with Crippen LogP contribution in [0.1, 0.15) is 48.6 Å². The van der Waals surface area contributed by atoms with Gasteiger partial charge in [-0.25, -0.2) is 8.42 Å². The van der Waals surface area contributed by atoms with Crippen molar-refractivity contribution in [2.24, 2.45) is 5.92 Å². The summed E-state index contributed by atoms with van der Waals surface area (Å²) < 4.78 is 29.9. The van der Waals surface area contributed by atoms with E-state index < -0.39 is 10.0 Å². The molecule has 0 bridgehead atoms. The molecule has 0 radical (unpaired) electrons. The molecular formula is C25H31N5O3S. The number of fused-ring (bicyclic) bond motifs is 1. The lowest BCUT2D eigenvalue weighted by Gasteiger charge is -2.37. The minimum absolute atomic E-state index is 0.139. The second-order valence-electron chi connectivity index (χ2n) is 9.56. The molecule has 1 aromatic carbocycles. The number of amides is 1. The summed E-state index contributed by atoms with van der Waals surface area (Å²) in [5.74, 6) is 1.06. The fraction of sp³-hybridized carbons (Fsp3) is 0.480. The quantitative estimate of drug-likeness (QED) is 0.571. The Labute approximate surface area is 200 Å². The molecular weight excluding hydrogens is 450 g/mol. The van der Waals surface area contributed by atoms with Crippen LogP contribution in [0.25, 0.3) is 5.65 Å². The van der Waals surface area contributed by atoms with E-state index in [0.29, 0.717) is 37.4 Å². The predicted octanol–water partition coefficient (Wildman–Crippen LogP) is 3.15. The van der Waals surface area contributed by atoms with Crippen molar-refractivity contribution >= 4 is 21.6 Å². The standard InChI is InChI=1S/C25H31N5O3S/c1-18-8-9-22(19(2)16-18)34(32,33)29-14-10-20(11-15-29)25(31)28-12-5-6-21(17-28)24-27-26-23-7-3-4-13-30(23)24/h3-4,7-9,13,16,20-21H,5-6,10-12,14-15,17H2,1-2H3. The number of aryl methyl sites for hydroxylation is 2. The van der Waals surface area contributed by atoms with Crippen molar-refractivity contribution in [3.05, 3.63) is 59.5 Å². The summed E-state index contributed by atoms with van der Waals surface area (Å²) in [6, 6.07) is 11.3. The fourth-order valence-electron chi connectivity index (χ4n) is 5.36. The first-order chi connectivity index (χ1) is 16.3. The van der Waals surface area contributed by atoms with Crippen LogP contribution in [-0.2, 0) is 14.8 Å². The van der Waals surface area contributed by atoms with E-state index in [1.54, 1.807) is 6.07 Å². The number of hydrogen-bond acceptors (Lipinski definition) is 5. The van der Waals surface area contributed by atoms with Gasteiger partial charge in [-0.2, -0.15) is 4.31 Å². The van der Waals surface area contributed by atoms with Crippen molar-refractivity contribution in [1.29, 1.82) is 0 Å². The Balaban J connectivity index is 1.24. The van der Waals surface area contributed by atoms with E-state index in [1.165, 1.54) is 4.31 Å². The lowest BCUT2D eigenvalue weighted by Crippen LogP contribution is -2.47. The molecule has 9 heteroatoms. The lowest BCUT2D eigenvalue weighted by atomic mass is 9.92. The van der Waals surface area contributed by atoms with Crippen molar-refractivity contribution in [3.8, 4) is 0 Å². The van der Waals surface area contributed by atoms with Gasteiger partial charge in [0.1, 0.15) is 5.82 Å². The maximum atomic E-state index is 13.4. The van der Waals surface area contributed by atoms with Gasteiger partial charge < -0.3 is 4.90 Å². The van der Waals surface area contributed by atoms with E-state index in [-0.39, 0.29) is 17.7 Å². The van der Waals surface area contributed by atoms with Crippen LogP contribution in [0, 0.1) is 19.8 Å². The molecule has 8 nitrogen and oxygen atoms in total. The minimum atomic E-state index is -3.55. The Bertz CT molecular complexity index is 1310. The van der Waals surface area contributed by atoms with Gasteiger partial charge in [0, 0.05) is 44.2 Å². The van der Waals surface area contributed by atoms with Gasteiger partial charge in [0.2, 0.25) is 15.9 Å². The number of nitrogens with zero attached hydrogens (tertiary/aromatic N) is 5. The minimum Gasteiger partial charge on any atom is -0.342 e. The molecule has 180 valence electrons. The van der Waals surface area contributed by atoms with Crippen LogP contribution in [-0.4, -0.2) is 64.3 Å². The summed E-state index contributed by atoms with van der Waals surface area (Å²) in [4.78, 5) is 15.7. The van der Waals surface area contributed by atoms with Crippen LogP contribution in [0.4, 0.5) is 0 Å². The van der Waals surface area contributed by atoms with E-state index in [1.807, 2.05) is 59.7 Å². The summed E-state index contributed by atoms with van der Waals surface area (Å²) in [5, 5.41) is 8.67. The maximum Gasteiger partial charge on any atom is 0.243 e. The largest absolute Gasteiger partial charge is 0.342 e. The van der Waals surface area contributed by atoms with Crippen molar-refractivity contribution in [2.75, 3.05) is 26.2 Å². The van der Waals surface area contributed by atoms with Gasteiger partial charge in [-0.05, 0) is 63.3 Å². The highest BCUT2D eigenvalue weighted by molar-refractivity contribution is 7.89. The predicted molar refractivity (Wildman–Crippen MR) is 129 cm³/mol. The molecule has 2 saturated heterocycles. The number of carbonyl (C=O) groups excluding carboxylic acids is 1. The summed E-state index contributed by atoms with van der Waals surface area (Å²) >= 11 is 0. The number of carbonyl (C=O) groups is 1. The number of rotatable bonds is 4. The number of piperidine rings is 2. The third kappa shape index (κ3) is 4.22. The van der Waals surface area contributed by atoms with Gasteiger partial charge >= 0.3 is 0 Å². The highest BCUT2D eigenvalue weighted by Gasteiger charge is 2.36. The number of pyridine rings is 1. The molecule has 1 unspecified atom stereocenters. The van der Waals surface area contributed by atoms with Crippen molar-refractivity contribution in [2.45, 2.75) is 50.3 Å². The topological polar surface area (TPSA) is 87.9 Å². The van der Waals surface area contributed by atoms with E-state index in [4.69, 9.17) is 0 Å². The van der Waals surface area contributed by atoms with E-state index in [9.17, 15) is 13.2 Å². The fourth-order valence-corrected chi connectivity index (χ4v) is 7.03. The molecule has 0 saturated carbocycles. The zero-order chi connectivity index (χ0) is 23.9. The van der Waals surface area contributed by atoms with Crippen molar-refractivity contribution in [3.63, 3.8) is 0 Å². The monoisotopic (exact) mass is 481 g/mol. The molecule has 1 amide bonds. The SMILES string of the molecule is Cc1ccc(S(=O)(=O)N2CCC(C(=O)N3CCCC(c4nnc5ccccn45)C3)CC2)c(C)c1. The molecule has 2 aliphatic heterocycles. The van der Waals surface area contributed by atoms with Gasteiger partial charge in [0.15, 0.2) is 5.65 Å². The number of benzene rings is 1. The van der Waals surface area contributed by atoms with Crippen LogP contribution >= 0.6 is 0 Å². The first kappa shape index (κ1) is 23.0. The number of hydrogen-bond donors (Lipinski definition) is 0. The van der Waals surface area contributed by atoms with E-state index in [0.717, 1.165) is 42.0 Å². The zero-order valence-corrected chi connectivity index (χ0v) is 20.5. The van der Waals surface area contributed by atoms with E-state index >= 15 is 0 Å². The number of sulfonamides is 1. The maximum absolute atomic E-state index is 13.4. The molecule has 0 aliphatic carbocycles. The Morgan fingerprint density at radius 1 is 1.00 bits per heavy atom. The zero-order valence-electron chi connectivity index (χ0n) is 19.7. The van der Waals surface area contributed by atoms with Crippen LogP contribution in [0.2, 0.25) is 0 Å². The molecule has 1 atom stereocenters. The lowest BCUT2D eigenvalue weighted by molar-refractivity contribution is -0.138. The van der Waals surface area contributed by atoms with Gasteiger partial charge in [-0.3, -0.25) is 9.20 Å². The van der Waals surface area contributed by atoms with Crippen LogP contribution < -0.4 is 0 Å². The highest BCUT2D eigenvalue weighted by Crippen LogP contribution is 2.30. The highest BCUT2D eigenvalue weighted by atomic mass is 32.2. The average Bonchev–Trinajstić information content (AvgIpc) is 3.28. The molecule has 2 aromatic heterocycles. The molecule has 0 N–H and O–H groups in total. The normalized spacial score (nSPS) is 20.6. The van der Waals surface area contributed by atoms with Gasteiger partial charge in [-0.1, -0.05) is 23.8 Å². The molecule has 0 spiro atoms. The molecule has 2 aliphatic rings. The summed E-state index contributed by atoms with van der Waals surface area (Å²) in [6.07, 6.45) is 4.98. The first-order valence-corrected chi connectivity index (χ1v) is 13.4. The summed E-state index contributed by atoms with van der Waals surface area (Å²) in [6.45, 7) is 5.91.